The minimum absolute atomic E-state index is 0.233. The first kappa shape index (κ1) is 12.7. The minimum Gasteiger partial charge on any atom is -0.481 e. The zero-order chi connectivity index (χ0) is 13.3. The molecule has 1 aromatic rings. The maximum atomic E-state index is 12.5. The number of hydrogen-bond donors (Lipinski definition) is 1. The molecule has 1 aliphatic heterocycles. The van der Waals surface area contributed by atoms with Crippen LogP contribution < -0.4 is 4.90 Å². The smallest absolute Gasteiger partial charge is 0.433 e. The first-order valence-corrected chi connectivity index (χ1v) is 5.39. The van der Waals surface area contributed by atoms with Crippen molar-refractivity contribution in [2.75, 3.05) is 18.0 Å². The molecule has 1 fully saturated rings. The maximum absolute atomic E-state index is 12.5. The number of carboxylic acid groups (broad SMARTS) is 1. The second-order valence-electron chi connectivity index (χ2n) is 4.17. The fourth-order valence-corrected chi connectivity index (χ4v) is 1.97. The van der Waals surface area contributed by atoms with E-state index in [1.54, 1.807) is 4.90 Å². The summed E-state index contributed by atoms with van der Waals surface area (Å²) in [5, 5.41) is 8.84. The number of aromatic nitrogens is 1. The van der Waals surface area contributed by atoms with Gasteiger partial charge in [-0.3, -0.25) is 9.78 Å². The zero-order valence-electron chi connectivity index (χ0n) is 9.31. The van der Waals surface area contributed by atoms with Crippen molar-refractivity contribution in [1.29, 1.82) is 0 Å². The first-order chi connectivity index (χ1) is 8.38. The molecule has 4 nitrogen and oxygen atoms in total. The Morgan fingerprint density at radius 1 is 1.50 bits per heavy atom. The number of anilines is 1. The standard InChI is InChI=1S/C11H11F3N2O2/c12-11(13,14)9-5-8(1-3-15-9)16-4-2-7(6-16)10(17)18/h1,3,5,7H,2,4,6H2,(H,17,18)/t7-/m1/s1. The quantitative estimate of drug-likeness (QED) is 0.883. The van der Waals surface area contributed by atoms with E-state index >= 15 is 0 Å². The van der Waals surface area contributed by atoms with Gasteiger partial charge in [-0.05, 0) is 18.6 Å². The molecule has 7 heteroatoms. The van der Waals surface area contributed by atoms with E-state index in [4.69, 9.17) is 5.11 Å². The molecular weight excluding hydrogens is 249 g/mol. The van der Waals surface area contributed by atoms with Crippen LogP contribution in [0.4, 0.5) is 18.9 Å². The van der Waals surface area contributed by atoms with Crippen molar-refractivity contribution in [2.24, 2.45) is 5.92 Å². The Kier molecular flexibility index (Phi) is 3.14. The average Bonchev–Trinajstić information content (AvgIpc) is 2.77. The Morgan fingerprint density at radius 3 is 2.78 bits per heavy atom. The number of rotatable bonds is 2. The second-order valence-corrected chi connectivity index (χ2v) is 4.17. The average molecular weight is 260 g/mol. The molecule has 1 atom stereocenters. The number of carbonyl (C=O) groups is 1. The molecule has 1 aliphatic rings. The van der Waals surface area contributed by atoms with Gasteiger partial charge in [0.1, 0.15) is 5.69 Å². The lowest BCUT2D eigenvalue weighted by Crippen LogP contribution is -2.23. The van der Waals surface area contributed by atoms with Crippen LogP contribution in [0.3, 0.4) is 0 Å². The van der Waals surface area contributed by atoms with E-state index in [0.717, 1.165) is 12.3 Å². The van der Waals surface area contributed by atoms with Crippen LogP contribution >= 0.6 is 0 Å². The lowest BCUT2D eigenvalue weighted by Gasteiger charge is -2.19. The summed E-state index contributed by atoms with van der Waals surface area (Å²) in [6, 6.07) is 2.41. The largest absolute Gasteiger partial charge is 0.481 e. The molecule has 1 N–H and O–H groups in total. The van der Waals surface area contributed by atoms with Gasteiger partial charge in [-0.2, -0.15) is 13.2 Å². The molecule has 0 spiro atoms. The van der Waals surface area contributed by atoms with Gasteiger partial charge in [0, 0.05) is 25.0 Å². The highest BCUT2D eigenvalue weighted by atomic mass is 19.4. The van der Waals surface area contributed by atoms with Crippen LogP contribution in [0.1, 0.15) is 12.1 Å². The molecule has 0 bridgehead atoms. The van der Waals surface area contributed by atoms with Gasteiger partial charge < -0.3 is 10.0 Å². The summed E-state index contributed by atoms with van der Waals surface area (Å²) in [4.78, 5) is 15.7. The van der Waals surface area contributed by atoms with Crippen LogP contribution in [0.5, 0.6) is 0 Å². The van der Waals surface area contributed by atoms with Crippen molar-refractivity contribution in [3.05, 3.63) is 24.0 Å². The predicted octanol–water partition coefficient (Wildman–Crippen LogP) is 2.01. The monoisotopic (exact) mass is 260 g/mol. The molecular formula is C11H11F3N2O2. The highest BCUT2D eigenvalue weighted by Crippen LogP contribution is 2.31. The topological polar surface area (TPSA) is 53.4 Å². The number of carboxylic acids is 1. The van der Waals surface area contributed by atoms with Gasteiger partial charge in [-0.15, -0.1) is 0 Å². The van der Waals surface area contributed by atoms with Gasteiger partial charge in [0.2, 0.25) is 0 Å². The molecule has 0 aliphatic carbocycles. The van der Waals surface area contributed by atoms with Crippen molar-refractivity contribution in [3.63, 3.8) is 0 Å². The van der Waals surface area contributed by atoms with Gasteiger partial charge in [0.05, 0.1) is 5.92 Å². The van der Waals surface area contributed by atoms with E-state index in [-0.39, 0.29) is 6.54 Å². The van der Waals surface area contributed by atoms with Crippen molar-refractivity contribution in [3.8, 4) is 0 Å². The van der Waals surface area contributed by atoms with Crippen molar-refractivity contribution in [2.45, 2.75) is 12.6 Å². The summed E-state index contributed by atoms with van der Waals surface area (Å²) in [6.07, 6.45) is -2.95. The molecule has 98 valence electrons. The van der Waals surface area contributed by atoms with Crippen LogP contribution in [0.2, 0.25) is 0 Å². The van der Waals surface area contributed by atoms with Crippen molar-refractivity contribution < 1.29 is 23.1 Å². The third-order valence-electron chi connectivity index (χ3n) is 2.94. The van der Waals surface area contributed by atoms with Crippen LogP contribution in [-0.4, -0.2) is 29.1 Å². The number of pyridine rings is 1. The molecule has 0 unspecified atom stereocenters. The maximum Gasteiger partial charge on any atom is 0.433 e. The summed E-state index contributed by atoms with van der Waals surface area (Å²) in [7, 11) is 0. The van der Waals surface area contributed by atoms with E-state index in [9.17, 15) is 18.0 Å². The Balaban J connectivity index is 2.18. The number of nitrogens with zero attached hydrogens (tertiary/aromatic N) is 2. The lowest BCUT2D eigenvalue weighted by molar-refractivity contribution is -0.142. The van der Waals surface area contributed by atoms with Crippen LogP contribution in [0, 0.1) is 5.92 Å². The molecule has 2 heterocycles. The number of aliphatic carboxylic acids is 1. The van der Waals surface area contributed by atoms with Crippen LogP contribution in [0.25, 0.3) is 0 Å². The fraction of sp³-hybridized carbons (Fsp3) is 0.455. The highest BCUT2D eigenvalue weighted by molar-refractivity contribution is 5.72. The molecule has 2 rings (SSSR count). The van der Waals surface area contributed by atoms with Gasteiger partial charge in [-0.1, -0.05) is 0 Å². The number of halogens is 3. The van der Waals surface area contributed by atoms with Gasteiger partial charge in [-0.25, -0.2) is 0 Å². The number of alkyl halides is 3. The SMILES string of the molecule is O=C(O)[C@@H]1CCN(c2ccnc(C(F)(F)F)c2)C1. The van der Waals surface area contributed by atoms with Crippen LogP contribution in [-0.2, 0) is 11.0 Å². The summed E-state index contributed by atoms with van der Waals surface area (Å²) >= 11 is 0. The normalized spacial score (nSPS) is 20.2. The molecule has 18 heavy (non-hydrogen) atoms. The van der Waals surface area contributed by atoms with E-state index < -0.39 is 23.8 Å². The molecule has 0 amide bonds. The van der Waals surface area contributed by atoms with Gasteiger partial charge >= 0.3 is 12.1 Å². The van der Waals surface area contributed by atoms with Crippen LogP contribution in [0.15, 0.2) is 18.3 Å². The Hall–Kier alpha value is -1.79. The molecule has 0 saturated carbocycles. The Morgan fingerprint density at radius 2 is 2.22 bits per heavy atom. The first-order valence-electron chi connectivity index (χ1n) is 5.39. The minimum atomic E-state index is -4.48. The van der Waals surface area contributed by atoms with E-state index in [1.165, 1.54) is 6.07 Å². The second kappa shape index (κ2) is 4.47. The summed E-state index contributed by atoms with van der Waals surface area (Å²) < 4.78 is 37.5. The summed E-state index contributed by atoms with van der Waals surface area (Å²) in [5.41, 5.74) is -0.597. The van der Waals surface area contributed by atoms with E-state index in [0.29, 0.717) is 18.7 Å². The molecule has 0 radical (unpaired) electrons. The third kappa shape index (κ3) is 2.55. The lowest BCUT2D eigenvalue weighted by atomic mass is 10.1. The van der Waals surface area contributed by atoms with Crippen molar-refractivity contribution in [1.82, 2.24) is 4.98 Å². The van der Waals surface area contributed by atoms with Crippen molar-refractivity contribution >= 4 is 11.7 Å². The van der Waals surface area contributed by atoms with Gasteiger partial charge in [0.25, 0.3) is 0 Å². The number of hydrogen-bond acceptors (Lipinski definition) is 3. The summed E-state index contributed by atoms with van der Waals surface area (Å²) in [6.45, 7) is 0.676. The zero-order valence-corrected chi connectivity index (χ0v) is 9.31. The molecule has 0 aromatic carbocycles. The third-order valence-corrected chi connectivity index (χ3v) is 2.94. The molecule has 1 saturated heterocycles. The Labute approximate surface area is 101 Å². The summed E-state index contributed by atoms with van der Waals surface area (Å²) in [5.74, 6) is -1.44. The molecule has 1 aromatic heterocycles. The van der Waals surface area contributed by atoms with E-state index in [1.807, 2.05) is 0 Å². The van der Waals surface area contributed by atoms with E-state index in [2.05, 4.69) is 4.98 Å². The van der Waals surface area contributed by atoms with Gasteiger partial charge in [0.15, 0.2) is 0 Å². The fourth-order valence-electron chi connectivity index (χ4n) is 1.97. The predicted molar refractivity (Wildman–Crippen MR) is 57.2 cm³/mol. The highest BCUT2D eigenvalue weighted by Gasteiger charge is 2.34. The Bertz CT molecular complexity index is 462.